The summed E-state index contributed by atoms with van der Waals surface area (Å²) in [7, 11) is 0. The lowest BCUT2D eigenvalue weighted by atomic mass is 10.0. The summed E-state index contributed by atoms with van der Waals surface area (Å²) in [5, 5.41) is 0. The van der Waals surface area contributed by atoms with Crippen molar-refractivity contribution in [2.24, 2.45) is 0 Å². The second-order valence-corrected chi connectivity index (χ2v) is 18.5. The molecule has 1 atom stereocenters. The van der Waals surface area contributed by atoms with Crippen LogP contribution in [0.15, 0.2) is 60.8 Å². The molecule has 0 heterocycles. The van der Waals surface area contributed by atoms with E-state index in [-0.39, 0.29) is 31.1 Å². The minimum absolute atomic E-state index is 0.0866. The Morgan fingerprint density at radius 3 is 1.00 bits per heavy atom. The van der Waals surface area contributed by atoms with Crippen molar-refractivity contribution in [1.29, 1.82) is 0 Å². The van der Waals surface area contributed by atoms with Crippen molar-refractivity contribution >= 4 is 17.9 Å². The summed E-state index contributed by atoms with van der Waals surface area (Å²) in [5.41, 5.74) is 0. The molecule has 0 saturated heterocycles. The molecule has 0 N–H and O–H groups in total. The minimum atomic E-state index is -0.791. The van der Waals surface area contributed by atoms with Crippen LogP contribution in [-0.4, -0.2) is 37.2 Å². The lowest BCUT2D eigenvalue weighted by molar-refractivity contribution is -0.167. The van der Waals surface area contributed by atoms with Gasteiger partial charge in [-0.15, -0.1) is 0 Å². The van der Waals surface area contributed by atoms with Gasteiger partial charge in [-0.05, 0) is 83.5 Å². The van der Waals surface area contributed by atoms with Gasteiger partial charge < -0.3 is 14.2 Å². The average Bonchev–Trinajstić information content (AvgIpc) is 3.30. The molecular weight excluding hydrogens is 805 g/mol. The van der Waals surface area contributed by atoms with Gasteiger partial charge in [-0.3, -0.25) is 14.4 Å². The average molecular weight is 909 g/mol. The fraction of sp³-hybridized carbons (Fsp3) is 0.780. The highest BCUT2D eigenvalue weighted by Crippen LogP contribution is 2.16. The van der Waals surface area contributed by atoms with Gasteiger partial charge in [-0.25, -0.2) is 0 Å². The van der Waals surface area contributed by atoms with Crippen molar-refractivity contribution in [3.63, 3.8) is 0 Å². The van der Waals surface area contributed by atoms with E-state index in [0.717, 1.165) is 83.5 Å². The highest BCUT2D eigenvalue weighted by atomic mass is 16.6. The first kappa shape index (κ1) is 62.1. The van der Waals surface area contributed by atoms with E-state index in [2.05, 4.69) is 81.5 Å². The molecule has 0 aliphatic heterocycles. The molecule has 0 aliphatic rings. The Kier molecular flexibility index (Phi) is 51.3. The largest absolute Gasteiger partial charge is 0.462 e. The monoisotopic (exact) mass is 909 g/mol. The van der Waals surface area contributed by atoms with Gasteiger partial charge in [-0.2, -0.15) is 0 Å². The molecule has 0 aromatic rings. The standard InChI is InChI=1S/C59H104O6/c1-4-7-10-13-16-19-22-25-28-29-32-34-37-40-43-46-49-52-58(61)64-55-56(65-59(62)53-50-47-44-41-38-35-31-27-24-21-18-15-12-9-6-3)54-63-57(60)51-48-45-42-39-36-33-30-26-23-20-17-14-11-8-5-2/h8,11,17,20-21,24,26,30,36,39,56H,4-7,9-10,12-16,18-19,22-23,25,27-29,31-35,37-38,40-55H2,1-3H3/b11-8-,20-17-,24-21-,30-26-,39-36-/t56-/m1/s1. The van der Waals surface area contributed by atoms with Gasteiger partial charge in [0.15, 0.2) is 6.10 Å². The second-order valence-electron chi connectivity index (χ2n) is 18.5. The molecule has 0 radical (unpaired) electrons. The van der Waals surface area contributed by atoms with Crippen LogP contribution < -0.4 is 0 Å². The molecule has 376 valence electrons. The lowest BCUT2D eigenvalue weighted by Crippen LogP contribution is -2.30. The van der Waals surface area contributed by atoms with E-state index >= 15 is 0 Å². The summed E-state index contributed by atoms with van der Waals surface area (Å²) in [4.78, 5) is 38.1. The van der Waals surface area contributed by atoms with Crippen LogP contribution in [0.3, 0.4) is 0 Å². The number of ether oxygens (including phenoxy) is 3. The van der Waals surface area contributed by atoms with Crippen molar-refractivity contribution in [1.82, 2.24) is 0 Å². The molecule has 6 heteroatoms. The minimum Gasteiger partial charge on any atom is -0.462 e. The third-order valence-electron chi connectivity index (χ3n) is 12.0. The van der Waals surface area contributed by atoms with E-state index in [1.54, 1.807) is 0 Å². The predicted octanol–water partition coefficient (Wildman–Crippen LogP) is 18.4. The van der Waals surface area contributed by atoms with Crippen LogP contribution in [-0.2, 0) is 28.6 Å². The summed E-state index contributed by atoms with van der Waals surface area (Å²) in [5.74, 6) is -0.924. The topological polar surface area (TPSA) is 78.9 Å². The third kappa shape index (κ3) is 51.9. The third-order valence-corrected chi connectivity index (χ3v) is 12.0. The molecule has 0 bridgehead atoms. The Balaban J connectivity index is 4.41. The Morgan fingerprint density at radius 1 is 0.323 bits per heavy atom. The van der Waals surface area contributed by atoms with Gasteiger partial charge in [0.2, 0.25) is 0 Å². The maximum Gasteiger partial charge on any atom is 0.306 e. The van der Waals surface area contributed by atoms with Gasteiger partial charge in [0, 0.05) is 19.3 Å². The summed E-state index contributed by atoms with van der Waals surface area (Å²) in [6.45, 7) is 6.50. The van der Waals surface area contributed by atoms with E-state index in [0.29, 0.717) is 19.3 Å². The zero-order valence-electron chi connectivity index (χ0n) is 43.0. The fourth-order valence-corrected chi connectivity index (χ4v) is 7.84. The van der Waals surface area contributed by atoms with Gasteiger partial charge in [0.25, 0.3) is 0 Å². The van der Waals surface area contributed by atoms with E-state index in [1.807, 2.05) is 0 Å². The normalized spacial score (nSPS) is 12.5. The first-order chi connectivity index (χ1) is 32.0. The van der Waals surface area contributed by atoms with Crippen molar-refractivity contribution < 1.29 is 28.6 Å². The van der Waals surface area contributed by atoms with Crippen LogP contribution >= 0.6 is 0 Å². The number of rotatable bonds is 50. The van der Waals surface area contributed by atoms with Crippen LogP contribution in [0.2, 0.25) is 0 Å². The molecule has 6 nitrogen and oxygen atoms in total. The molecule has 0 aliphatic carbocycles. The van der Waals surface area contributed by atoms with Crippen LogP contribution in [0.1, 0.15) is 278 Å². The molecular formula is C59H104O6. The maximum absolute atomic E-state index is 12.8. The molecule has 0 aromatic carbocycles. The van der Waals surface area contributed by atoms with Gasteiger partial charge in [0.1, 0.15) is 13.2 Å². The van der Waals surface area contributed by atoms with Crippen molar-refractivity contribution in [2.45, 2.75) is 284 Å². The number of allylic oxidation sites excluding steroid dienone is 10. The smallest absolute Gasteiger partial charge is 0.306 e. The fourth-order valence-electron chi connectivity index (χ4n) is 7.84. The molecule has 65 heavy (non-hydrogen) atoms. The van der Waals surface area contributed by atoms with Crippen LogP contribution in [0.4, 0.5) is 0 Å². The van der Waals surface area contributed by atoms with Crippen molar-refractivity contribution in [2.75, 3.05) is 13.2 Å². The van der Waals surface area contributed by atoms with Crippen LogP contribution in [0.25, 0.3) is 0 Å². The number of esters is 3. The number of carbonyl (C=O) groups is 3. The number of hydrogen-bond acceptors (Lipinski definition) is 6. The predicted molar refractivity (Wildman–Crippen MR) is 279 cm³/mol. The summed E-state index contributed by atoms with van der Waals surface area (Å²) < 4.78 is 16.8. The molecule has 0 spiro atoms. The Labute approximate surface area is 402 Å². The van der Waals surface area contributed by atoms with Gasteiger partial charge >= 0.3 is 17.9 Å². The highest BCUT2D eigenvalue weighted by Gasteiger charge is 2.19. The zero-order valence-corrected chi connectivity index (χ0v) is 43.0. The first-order valence-corrected chi connectivity index (χ1v) is 27.8. The van der Waals surface area contributed by atoms with E-state index in [4.69, 9.17) is 14.2 Å². The SMILES string of the molecule is CC/C=C\C/C=C\C/C=C\C/C=C\CCCCC(=O)OC[C@H](COC(=O)CCCCCCCCCCCCCCCCCCC)OC(=O)CCCCCCCCC/C=C\CCCCCC. The van der Waals surface area contributed by atoms with E-state index in [9.17, 15) is 14.4 Å². The van der Waals surface area contributed by atoms with Crippen molar-refractivity contribution in [3.05, 3.63) is 60.8 Å². The summed E-state index contributed by atoms with van der Waals surface area (Å²) >= 11 is 0. The number of hydrogen-bond donors (Lipinski definition) is 0. The van der Waals surface area contributed by atoms with Gasteiger partial charge in [0.05, 0.1) is 0 Å². The number of unbranched alkanes of at least 4 members (excludes halogenated alkanes) is 29. The molecule has 0 unspecified atom stereocenters. The van der Waals surface area contributed by atoms with Gasteiger partial charge in [-0.1, -0.05) is 236 Å². The molecule has 0 aromatic heterocycles. The highest BCUT2D eigenvalue weighted by molar-refractivity contribution is 5.71. The lowest BCUT2D eigenvalue weighted by Gasteiger charge is -2.18. The van der Waals surface area contributed by atoms with Crippen molar-refractivity contribution in [3.8, 4) is 0 Å². The summed E-state index contributed by atoms with van der Waals surface area (Å²) in [6.07, 6.45) is 66.4. The summed E-state index contributed by atoms with van der Waals surface area (Å²) in [6, 6.07) is 0. The van der Waals surface area contributed by atoms with Crippen LogP contribution in [0, 0.1) is 0 Å². The van der Waals surface area contributed by atoms with E-state index < -0.39 is 6.10 Å². The zero-order chi connectivity index (χ0) is 47.2. The van der Waals surface area contributed by atoms with Crippen LogP contribution in [0.5, 0.6) is 0 Å². The Hall–Kier alpha value is -2.89. The molecule has 0 rings (SSSR count). The molecule has 0 saturated carbocycles. The second kappa shape index (κ2) is 53.7. The first-order valence-electron chi connectivity index (χ1n) is 27.8. The Bertz CT molecular complexity index is 1180. The number of carbonyl (C=O) groups excluding carboxylic acids is 3. The van der Waals surface area contributed by atoms with E-state index in [1.165, 1.54) is 154 Å². The molecule has 0 fully saturated rings. The quantitative estimate of drug-likeness (QED) is 0.0262. The maximum atomic E-state index is 12.8. The molecule has 0 amide bonds. The Morgan fingerprint density at radius 2 is 0.600 bits per heavy atom.